The molecule has 1 aliphatic heterocycles. The predicted molar refractivity (Wildman–Crippen MR) is 98.0 cm³/mol. The number of halogens is 3. The van der Waals surface area contributed by atoms with Crippen LogP contribution in [0.2, 0.25) is 0 Å². The molecule has 9 heteroatoms. The maximum atomic E-state index is 12.8. The number of nitrogens with one attached hydrogen (secondary N) is 1. The minimum absolute atomic E-state index is 0.129. The highest BCUT2D eigenvalue weighted by Crippen LogP contribution is 2.39. The van der Waals surface area contributed by atoms with Gasteiger partial charge < -0.3 is 19.7 Å². The lowest BCUT2D eigenvalue weighted by Gasteiger charge is -2.30. The Hall–Kier alpha value is -2.81. The van der Waals surface area contributed by atoms with E-state index in [0.29, 0.717) is 22.9 Å². The van der Waals surface area contributed by atoms with Crippen molar-refractivity contribution in [1.82, 2.24) is 15.1 Å². The minimum atomic E-state index is -4.54. The number of aromatic nitrogens is 2. The molecule has 0 aliphatic carbocycles. The van der Waals surface area contributed by atoms with Gasteiger partial charge in [0.05, 0.1) is 17.2 Å². The molecular formula is C19H19F3N4O2. The normalized spacial score (nSPS) is 18.5. The molecule has 28 heavy (non-hydrogen) atoms. The number of aromatic hydroxyl groups is 1. The Labute approximate surface area is 159 Å². The van der Waals surface area contributed by atoms with E-state index >= 15 is 0 Å². The molecule has 148 valence electrons. The van der Waals surface area contributed by atoms with Crippen molar-refractivity contribution >= 4 is 16.8 Å². The average Bonchev–Trinajstić information content (AvgIpc) is 3.12. The lowest BCUT2D eigenvalue weighted by molar-refractivity contribution is -0.137. The number of phenols is 1. The van der Waals surface area contributed by atoms with Crippen LogP contribution in [-0.4, -0.2) is 46.4 Å². The summed E-state index contributed by atoms with van der Waals surface area (Å²) in [6, 6.07) is 4.69. The Balaban J connectivity index is 1.70. The molecule has 0 unspecified atom stereocenters. The molecule has 1 aromatic carbocycles. The van der Waals surface area contributed by atoms with Gasteiger partial charge >= 0.3 is 6.18 Å². The number of nitrogens with zero attached hydrogens (tertiary/aromatic N) is 3. The number of likely N-dealkylation sites (N-methyl/N-ethyl adjacent to an activating group) is 1. The van der Waals surface area contributed by atoms with E-state index in [-0.39, 0.29) is 17.3 Å². The van der Waals surface area contributed by atoms with Gasteiger partial charge in [0.15, 0.2) is 11.4 Å². The third-order valence-corrected chi connectivity index (χ3v) is 4.93. The Morgan fingerprint density at radius 1 is 1.25 bits per heavy atom. The molecule has 1 fully saturated rings. The molecule has 3 aromatic rings. The van der Waals surface area contributed by atoms with Crippen LogP contribution in [0.5, 0.6) is 5.75 Å². The Bertz CT molecular complexity index is 1000. The molecule has 0 bridgehead atoms. The molecule has 1 aliphatic rings. The molecule has 6 nitrogen and oxygen atoms in total. The summed E-state index contributed by atoms with van der Waals surface area (Å²) in [6.45, 7) is 1.93. The summed E-state index contributed by atoms with van der Waals surface area (Å²) in [5.74, 6) is 0.0237. The highest BCUT2D eigenvalue weighted by atomic mass is 19.4. The van der Waals surface area contributed by atoms with E-state index in [1.54, 1.807) is 6.07 Å². The van der Waals surface area contributed by atoms with Crippen molar-refractivity contribution in [3.63, 3.8) is 0 Å². The highest BCUT2D eigenvalue weighted by molar-refractivity contribution is 5.97. The summed E-state index contributed by atoms with van der Waals surface area (Å²) >= 11 is 0. The summed E-state index contributed by atoms with van der Waals surface area (Å²) in [7, 11) is 2.06. The first kappa shape index (κ1) is 18.5. The number of likely N-dealkylation sites (tertiary alicyclic amines) is 1. The fraction of sp³-hybridized carbons (Fsp3) is 0.368. The van der Waals surface area contributed by atoms with E-state index in [1.807, 2.05) is 0 Å². The van der Waals surface area contributed by atoms with Crippen molar-refractivity contribution in [2.75, 3.05) is 25.5 Å². The van der Waals surface area contributed by atoms with Crippen molar-refractivity contribution < 1.29 is 22.7 Å². The first-order valence-corrected chi connectivity index (χ1v) is 8.92. The number of hydrogen-bond donors (Lipinski definition) is 2. The predicted octanol–water partition coefficient (Wildman–Crippen LogP) is 4.12. The Kier molecular flexibility index (Phi) is 4.62. The van der Waals surface area contributed by atoms with Crippen LogP contribution in [0.15, 0.2) is 34.9 Å². The van der Waals surface area contributed by atoms with Crippen molar-refractivity contribution in [2.45, 2.75) is 25.1 Å². The molecule has 1 saturated heterocycles. The van der Waals surface area contributed by atoms with Crippen molar-refractivity contribution in [3.8, 4) is 17.0 Å². The van der Waals surface area contributed by atoms with Gasteiger partial charge in [-0.2, -0.15) is 13.2 Å². The largest absolute Gasteiger partial charge is 0.507 e. The molecule has 3 heterocycles. The summed E-state index contributed by atoms with van der Waals surface area (Å²) in [4.78, 5) is 2.23. The van der Waals surface area contributed by atoms with Crippen LogP contribution < -0.4 is 5.32 Å². The van der Waals surface area contributed by atoms with Crippen molar-refractivity contribution in [3.05, 3.63) is 36.1 Å². The number of fused-ring (bicyclic) bond motifs is 1. The number of piperidine rings is 1. The second-order valence-electron chi connectivity index (χ2n) is 7.04. The Morgan fingerprint density at radius 2 is 2.07 bits per heavy atom. The summed E-state index contributed by atoms with van der Waals surface area (Å²) in [5, 5.41) is 22.5. The van der Waals surface area contributed by atoms with Crippen LogP contribution in [0.25, 0.3) is 22.2 Å². The number of benzene rings is 1. The van der Waals surface area contributed by atoms with Gasteiger partial charge in [0.25, 0.3) is 0 Å². The zero-order valence-corrected chi connectivity index (χ0v) is 15.1. The van der Waals surface area contributed by atoms with Gasteiger partial charge in [0, 0.05) is 18.2 Å². The number of anilines is 1. The van der Waals surface area contributed by atoms with Gasteiger partial charge in [-0.3, -0.25) is 0 Å². The van der Waals surface area contributed by atoms with E-state index in [2.05, 4.69) is 27.5 Å². The van der Waals surface area contributed by atoms with Crippen molar-refractivity contribution in [1.29, 1.82) is 0 Å². The zero-order valence-electron chi connectivity index (χ0n) is 15.1. The second-order valence-corrected chi connectivity index (χ2v) is 7.04. The first-order valence-electron chi connectivity index (χ1n) is 8.92. The molecule has 0 radical (unpaired) electrons. The lowest BCUT2D eigenvalue weighted by Crippen LogP contribution is -2.39. The third kappa shape index (κ3) is 3.49. The van der Waals surface area contributed by atoms with Crippen molar-refractivity contribution in [2.24, 2.45) is 0 Å². The van der Waals surface area contributed by atoms with E-state index in [0.717, 1.165) is 32.0 Å². The van der Waals surface area contributed by atoms with Gasteiger partial charge in [-0.15, -0.1) is 10.2 Å². The van der Waals surface area contributed by atoms with Gasteiger partial charge in [0.1, 0.15) is 11.4 Å². The third-order valence-electron chi connectivity index (χ3n) is 4.93. The standard InChI is InChI=1S/C19H19F3N4O2/c1-26-7-2-3-12(10-26)23-18-14-6-8-28-17(14)16(24-25-18)13-5-4-11(9-15(13)27)19(20,21)22/h4-6,8-9,12,27H,2-3,7,10H2,1H3,(H,23,25)/t12-/m1/s1. The Morgan fingerprint density at radius 3 is 2.79 bits per heavy atom. The fourth-order valence-corrected chi connectivity index (χ4v) is 3.55. The van der Waals surface area contributed by atoms with Gasteiger partial charge in [-0.05, 0) is 50.7 Å². The van der Waals surface area contributed by atoms with E-state index in [9.17, 15) is 18.3 Å². The number of furan rings is 1. The molecule has 2 N–H and O–H groups in total. The number of alkyl halides is 3. The molecule has 1 atom stereocenters. The lowest BCUT2D eigenvalue weighted by atomic mass is 10.0. The van der Waals surface area contributed by atoms with Crippen LogP contribution >= 0.6 is 0 Å². The van der Waals surface area contributed by atoms with E-state index in [4.69, 9.17) is 4.42 Å². The molecule has 2 aromatic heterocycles. The molecule has 4 rings (SSSR count). The van der Waals surface area contributed by atoms with Crippen LogP contribution in [0.3, 0.4) is 0 Å². The maximum Gasteiger partial charge on any atom is 0.416 e. The van der Waals surface area contributed by atoms with Gasteiger partial charge in [-0.1, -0.05) is 0 Å². The number of hydrogen-bond acceptors (Lipinski definition) is 6. The SMILES string of the molecule is CN1CCC[C@@H](Nc2nnc(-c3ccc(C(F)(F)F)cc3O)c3occc23)C1. The maximum absolute atomic E-state index is 12.8. The molecule has 0 spiro atoms. The van der Waals surface area contributed by atoms with Crippen LogP contribution in [0, 0.1) is 0 Å². The monoisotopic (exact) mass is 392 g/mol. The summed E-state index contributed by atoms with van der Waals surface area (Å²) in [5.41, 5.74) is -0.254. The smallest absolute Gasteiger partial charge is 0.416 e. The van der Waals surface area contributed by atoms with Crippen LogP contribution in [0.1, 0.15) is 18.4 Å². The molecule has 0 amide bonds. The minimum Gasteiger partial charge on any atom is -0.507 e. The quantitative estimate of drug-likeness (QED) is 0.699. The second kappa shape index (κ2) is 6.97. The van der Waals surface area contributed by atoms with E-state index in [1.165, 1.54) is 12.3 Å². The summed E-state index contributed by atoms with van der Waals surface area (Å²) in [6.07, 6.45) is -0.986. The topological polar surface area (TPSA) is 74.4 Å². The van der Waals surface area contributed by atoms with E-state index < -0.39 is 17.5 Å². The first-order chi connectivity index (χ1) is 13.3. The average molecular weight is 392 g/mol. The highest BCUT2D eigenvalue weighted by Gasteiger charge is 2.31. The summed E-state index contributed by atoms with van der Waals surface area (Å²) < 4.78 is 44.0. The molecular weight excluding hydrogens is 373 g/mol. The number of phenolic OH excluding ortho intramolecular Hbond substituents is 1. The zero-order chi connectivity index (χ0) is 19.9. The number of rotatable bonds is 3. The van der Waals surface area contributed by atoms with Gasteiger partial charge in [0.2, 0.25) is 0 Å². The van der Waals surface area contributed by atoms with Gasteiger partial charge in [-0.25, -0.2) is 0 Å². The fourth-order valence-electron chi connectivity index (χ4n) is 3.55. The van der Waals surface area contributed by atoms with Crippen LogP contribution in [0.4, 0.5) is 19.0 Å². The van der Waals surface area contributed by atoms with Crippen LogP contribution in [-0.2, 0) is 6.18 Å². The molecule has 0 saturated carbocycles.